The first kappa shape index (κ1) is 7.79. The number of oxazole rings is 1. The van der Waals surface area contributed by atoms with E-state index in [1.165, 1.54) is 0 Å². The van der Waals surface area contributed by atoms with Crippen molar-refractivity contribution in [2.45, 2.75) is 6.92 Å². The summed E-state index contributed by atoms with van der Waals surface area (Å²) in [7, 11) is 0. The lowest BCUT2D eigenvalue weighted by Gasteiger charge is -1.71. The molecule has 0 atom stereocenters. The fourth-order valence-electron chi connectivity index (χ4n) is 0.327. The lowest BCUT2D eigenvalue weighted by Crippen LogP contribution is -1.51. The minimum Gasteiger partial charge on any atom is -0.433 e. The van der Waals surface area contributed by atoms with Gasteiger partial charge in [0.15, 0.2) is 0 Å². The molecule has 1 rings (SSSR count). The zero-order valence-electron chi connectivity index (χ0n) is 4.22. The highest BCUT2D eigenvalue weighted by atomic mass is 35.5. The number of hydrogen-bond donors (Lipinski definition) is 0. The number of rotatable bonds is 0. The number of hydrogen-bond acceptors (Lipinski definition) is 2. The SMILES string of the molecule is Cc1cnc(Cl)o1.Cl. The molecule has 0 aromatic carbocycles. The van der Waals surface area contributed by atoms with Gasteiger partial charge in [-0.1, -0.05) is 0 Å². The second-order valence-electron chi connectivity index (χ2n) is 1.22. The summed E-state index contributed by atoms with van der Waals surface area (Å²) < 4.78 is 4.74. The maximum atomic E-state index is 5.28. The topological polar surface area (TPSA) is 26.0 Å². The quantitative estimate of drug-likeness (QED) is 0.571. The highest BCUT2D eigenvalue weighted by Gasteiger charge is 1.90. The third-order valence-corrected chi connectivity index (χ3v) is 0.768. The Hall–Kier alpha value is -0.210. The molecule has 0 aliphatic rings. The van der Waals surface area contributed by atoms with Crippen LogP contribution in [-0.4, -0.2) is 4.98 Å². The molecule has 46 valence electrons. The molecule has 0 amide bonds. The first-order valence-corrected chi connectivity index (χ1v) is 2.25. The highest BCUT2D eigenvalue weighted by Crippen LogP contribution is 2.05. The van der Waals surface area contributed by atoms with Crippen molar-refractivity contribution < 1.29 is 4.42 Å². The number of halogens is 2. The van der Waals surface area contributed by atoms with Crippen molar-refractivity contribution in [2.75, 3.05) is 0 Å². The molecule has 4 heteroatoms. The first-order chi connectivity index (χ1) is 3.29. The minimum atomic E-state index is 0. The molecule has 0 spiro atoms. The van der Waals surface area contributed by atoms with E-state index in [0.717, 1.165) is 5.76 Å². The van der Waals surface area contributed by atoms with Crippen molar-refractivity contribution in [3.63, 3.8) is 0 Å². The third kappa shape index (κ3) is 1.72. The highest BCUT2D eigenvalue weighted by molar-refractivity contribution is 6.27. The Kier molecular flexibility index (Phi) is 2.87. The van der Waals surface area contributed by atoms with Crippen LogP contribution in [0, 0.1) is 6.92 Å². The van der Waals surface area contributed by atoms with Crippen LogP contribution in [0.3, 0.4) is 0 Å². The molecule has 0 bridgehead atoms. The largest absolute Gasteiger partial charge is 0.433 e. The fourth-order valence-corrected chi connectivity index (χ4v) is 0.498. The summed E-state index contributed by atoms with van der Waals surface area (Å²) in [5.74, 6) is 0.741. The Morgan fingerprint density at radius 3 is 2.50 bits per heavy atom. The lowest BCUT2D eigenvalue weighted by atomic mass is 10.6. The lowest BCUT2D eigenvalue weighted by molar-refractivity contribution is 0.529. The van der Waals surface area contributed by atoms with E-state index in [-0.39, 0.29) is 17.8 Å². The Bertz CT molecular complexity index is 146. The normalized spacial score (nSPS) is 8.25. The van der Waals surface area contributed by atoms with Gasteiger partial charge in [-0.3, -0.25) is 0 Å². The zero-order chi connectivity index (χ0) is 5.28. The molecule has 8 heavy (non-hydrogen) atoms. The molecule has 0 aliphatic carbocycles. The van der Waals surface area contributed by atoms with Gasteiger partial charge in [-0.25, -0.2) is 4.98 Å². The summed E-state index contributed by atoms with van der Waals surface area (Å²) >= 11 is 5.28. The van der Waals surface area contributed by atoms with Crippen molar-refractivity contribution in [1.82, 2.24) is 4.98 Å². The third-order valence-electron chi connectivity index (χ3n) is 0.593. The Balaban J connectivity index is 0.000000490. The van der Waals surface area contributed by atoms with Crippen LogP contribution in [-0.2, 0) is 0 Å². The van der Waals surface area contributed by atoms with Crippen molar-refractivity contribution in [2.24, 2.45) is 0 Å². The Morgan fingerprint density at radius 1 is 1.75 bits per heavy atom. The van der Waals surface area contributed by atoms with Crippen molar-refractivity contribution in [1.29, 1.82) is 0 Å². The Morgan fingerprint density at radius 2 is 2.38 bits per heavy atom. The van der Waals surface area contributed by atoms with E-state index >= 15 is 0 Å². The monoisotopic (exact) mass is 153 g/mol. The van der Waals surface area contributed by atoms with Gasteiger partial charge in [0.1, 0.15) is 5.76 Å². The molecular formula is C4H5Cl2NO. The maximum Gasteiger partial charge on any atom is 0.292 e. The molecule has 0 aliphatic heterocycles. The molecule has 0 saturated heterocycles. The van der Waals surface area contributed by atoms with Crippen molar-refractivity contribution in [3.8, 4) is 0 Å². The van der Waals surface area contributed by atoms with E-state index < -0.39 is 0 Å². The summed E-state index contributed by atoms with van der Waals surface area (Å²) in [5.41, 5.74) is 0. The zero-order valence-corrected chi connectivity index (χ0v) is 5.79. The van der Waals surface area contributed by atoms with Gasteiger partial charge in [0, 0.05) is 0 Å². The van der Waals surface area contributed by atoms with E-state index in [2.05, 4.69) is 4.98 Å². The predicted octanol–water partition coefficient (Wildman–Crippen LogP) is 2.06. The molecule has 1 aromatic rings. The molecule has 1 heterocycles. The summed E-state index contributed by atoms with van der Waals surface area (Å²) in [6.45, 7) is 1.79. The number of aryl methyl sites for hydroxylation is 1. The average Bonchev–Trinajstić information content (AvgIpc) is 1.87. The maximum absolute atomic E-state index is 5.28. The second-order valence-corrected chi connectivity index (χ2v) is 1.55. The van der Waals surface area contributed by atoms with Crippen LogP contribution >= 0.6 is 24.0 Å². The van der Waals surface area contributed by atoms with Gasteiger partial charge in [0.2, 0.25) is 0 Å². The Labute approximate surface area is 58.3 Å². The molecule has 0 fully saturated rings. The van der Waals surface area contributed by atoms with Crippen molar-refractivity contribution in [3.05, 3.63) is 17.3 Å². The molecule has 2 nitrogen and oxygen atoms in total. The number of nitrogens with zero attached hydrogens (tertiary/aromatic N) is 1. The number of aromatic nitrogens is 1. The van der Waals surface area contributed by atoms with Gasteiger partial charge in [-0.05, 0) is 18.5 Å². The fraction of sp³-hybridized carbons (Fsp3) is 0.250. The van der Waals surface area contributed by atoms with E-state index in [9.17, 15) is 0 Å². The van der Waals surface area contributed by atoms with E-state index in [1.807, 2.05) is 0 Å². The van der Waals surface area contributed by atoms with Crippen LogP contribution in [0.1, 0.15) is 5.76 Å². The van der Waals surface area contributed by atoms with Crippen LogP contribution in [0.4, 0.5) is 0 Å². The molecule has 0 radical (unpaired) electrons. The van der Waals surface area contributed by atoms with E-state index in [0.29, 0.717) is 0 Å². The van der Waals surface area contributed by atoms with Gasteiger partial charge >= 0.3 is 0 Å². The summed E-state index contributed by atoms with van der Waals surface area (Å²) in [5, 5.41) is 0.206. The van der Waals surface area contributed by atoms with Gasteiger partial charge in [-0.2, -0.15) is 0 Å². The molecule has 0 N–H and O–H groups in total. The average molecular weight is 154 g/mol. The minimum absolute atomic E-state index is 0. The molecular weight excluding hydrogens is 149 g/mol. The summed E-state index contributed by atoms with van der Waals surface area (Å²) in [6, 6.07) is 0. The van der Waals surface area contributed by atoms with Crippen LogP contribution in [0.5, 0.6) is 0 Å². The molecule has 0 saturated carbocycles. The van der Waals surface area contributed by atoms with Gasteiger partial charge < -0.3 is 4.42 Å². The smallest absolute Gasteiger partial charge is 0.292 e. The first-order valence-electron chi connectivity index (χ1n) is 1.87. The van der Waals surface area contributed by atoms with Crippen LogP contribution in [0.2, 0.25) is 5.35 Å². The van der Waals surface area contributed by atoms with Crippen LogP contribution < -0.4 is 0 Å². The van der Waals surface area contributed by atoms with Crippen molar-refractivity contribution >= 4 is 24.0 Å². The summed E-state index contributed by atoms with van der Waals surface area (Å²) in [4.78, 5) is 3.61. The second kappa shape index (κ2) is 2.95. The standard InChI is InChI=1S/C4H4ClNO.ClH/c1-3-2-6-4(5)7-3;/h2H,1H3;1H. The van der Waals surface area contributed by atoms with E-state index in [4.69, 9.17) is 16.0 Å². The summed E-state index contributed by atoms with van der Waals surface area (Å²) in [6.07, 6.45) is 1.57. The van der Waals surface area contributed by atoms with Crippen LogP contribution in [0.25, 0.3) is 0 Å². The predicted molar refractivity (Wildman–Crippen MR) is 33.5 cm³/mol. The van der Waals surface area contributed by atoms with Gasteiger partial charge in [0.05, 0.1) is 6.20 Å². The van der Waals surface area contributed by atoms with E-state index in [1.54, 1.807) is 13.1 Å². The van der Waals surface area contributed by atoms with Gasteiger partial charge in [0.25, 0.3) is 5.35 Å². The van der Waals surface area contributed by atoms with Crippen LogP contribution in [0.15, 0.2) is 10.6 Å². The van der Waals surface area contributed by atoms with Gasteiger partial charge in [-0.15, -0.1) is 12.4 Å². The molecule has 0 unspecified atom stereocenters. The molecule has 1 aromatic heterocycles.